The molecule has 1 heterocycles. The van der Waals surface area contributed by atoms with E-state index in [1.165, 1.54) is 14.2 Å². The van der Waals surface area contributed by atoms with Crippen molar-refractivity contribution < 1.29 is 19.1 Å². The number of ether oxygens (including phenoxy) is 2. The first-order chi connectivity index (χ1) is 14.0. The molecule has 150 valence electrons. The summed E-state index contributed by atoms with van der Waals surface area (Å²) in [5, 5.41) is 0.588. The number of methoxy groups -OCH3 is 2. The van der Waals surface area contributed by atoms with Crippen molar-refractivity contribution in [3.05, 3.63) is 93.2 Å². The minimum atomic E-state index is -0.770. The molecule has 1 aliphatic heterocycles. The lowest BCUT2D eigenvalue weighted by molar-refractivity contribution is -0.137. The van der Waals surface area contributed by atoms with Crippen molar-refractivity contribution in [2.75, 3.05) is 14.2 Å². The third-order valence-electron chi connectivity index (χ3n) is 4.57. The van der Waals surface area contributed by atoms with Crippen LogP contribution in [0.4, 0.5) is 0 Å². The predicted molar refractivity (Wildman–Crippen MR) is 111 cm³/mol. The Morgan fingerprint density at radius 3 is 2.03 bits per heavy atom. The predicted octanol–water partition coefficient (Wildman–Crippen LogP) is 4.71. The number of rotatable bonds is 5. The molecule has 0 amide bonds. The zero-order valence-electron chi connectivity index (χ0n) is 15.9. The fourth-order valence-corrected chi connectivity index (χ4v) is 3.67. The van der Waals surface area contributed by atoms with Gasteiger partial charge in [0.2, 0.25) is 0 Å². The number of benzene rings is 2. The van der Waals surface area contributed by atoms with Crippen LogP contribution in [0.3, 0.4) is 0 Å². The Morgan fingerprint density at radius 2 is 1.48 bits per heavy atom. The topological polar surface area (TPSA) is 55.8 Å². The van der Waals surface area contributed by atoms with Gasteiger partial charge in [-0.25, -0.2) is 9.59 Å². The molecule has 0 N–H and O–H groups in total. The number of halogens is 2. The first-order valence-corrected chi connectivity index (χ1v) is 9.55. The van der Waals surface area contributed by atoms with Crippen LogP contribution in [0.25, 0.3) is 0 Å². The van der Waals surface area contributed by atoms with Crippen molar-refractivity contribution in [1.82, 2.24) is 4.90 Å². The Hall–Kier alpha value is -2.76. The van der Waals surface area contributed by atoms with Crippen molar-refractivity contribution in [2.45, 2.75) is 12.5 Å². The smallest absolute Gasteiger partial charge is 0.336 e. The van der Waals surface area contributed by atoms with E-state index < -0.39 is 17.9 Å². The lowest BCUT2D eigenvalue weighted by atomic mass is 9.83. The highest BCUT2D eigenvalue weighted by Gasteiger charge is 2.36. The summed E-state index contributed by atoms with van der Waals surface area (Å²) in [5.41, 5.74) is 2.05. The highest BCUT2D eigenvalue weighted by molar-refractivity contribution is 6.42. The van der Waals surface area contributed by atoms with Crippen molar-refractivity contribution in [3.63, 3.8) is 0 Å². The molecule has 0 saturated carbocycles. The van der Waals surface area contributed by atoms with Gasteiger partial charge in [-0.2, -0.15) is 0 Å². The summed E-state index contributed by atoms with van der Waals surface area (Å²) in [6, 6.07) is 14.7. The fraction of sp³-hybridized carbons (Fsp3) is 0.182. The second-order valence-electron chi connectivity index (χ2n) is 6.39. The van der Waals surface area contributed by atoms with Crippen LogP contribution in [-0.4, -0.2) is 31.1 Å². The molecule has 7 heteroatoms. The molecule has 5 nitrogen and oxygen atoms in total. The summed E-state index contributed by atoms with van der Waals surface area (Å²) in [7, 11) is 2.58. The fourth-order valence-electron chi connectivity index (χ4n) is 3.25. The monoisotopic (exact) mass is 431 g/mol. The molecule has 0 unspecified atom stereocenters. The van der Waals surface area contributed by atoms with Gasteiger partial charge in [0.05, 0.1) is 41.3 Å². The van der Waals surface area contributed by atoms with E-state index in [-0.39, 0.29) is 16.2 Å². The largest absolute Gasteiger partial charge is 0.466 e. The molecule has 0 radical (unpaired) electrons. The van der Waals surface area contributed by atoms with Gasteiger partial charge in [0.1, 0.15) is 0 Å². The van der Waals surface area contributed by atoms with Crippen molar-refractivity contribution in [1.29, 1.82) is 0 Å². The number of esters is 2. The Labute approximate surface area is 179 Å². The quantitative estimate of drug-likeness (QED) is 0.641. The van der Waals surface area contributed by atoms with Crippen LogP contribution in [0.5, 0.6) is 0 Å². The molecule has 0 fully saturated rings. The summed E-state index contributed by atoms with van der Waals surface area (Å²) in [6.07, 6.45) is 3.32. The summed E-state index contributed by atoms with van der Waals surface area (Å²) < 4.78 is 9.97. The van der Waals surface area contributed by atoms with Crippen molar-refractivity contribution in [2.24, 2.45) is 0 Å². The summed E-state index contributed by atoms with van der Waals surface area (Å²) in [6.45, 7) is 0.456. The molecule has 0 spiro atoms. The van der Waals surface area contributed by atoms with E-state index in [2.05, 4.69) is 0 Å². The SMILES string of the molecule is COC(=O)C1=CN(Cc2ccccc2)C=C(C(=O)OC)C1c1cccc(Cl)c1Cl. The maximum absolute atomic E-state index is 12.6. The summed E-state index contributed by atoms with van der Waals surface area (Å²) >= 11 is 12.6. The zero-order chi connectivity index (χ0) is 21.0. The zero-order valence-corrected chi connectivity index (χ0v) is 17.4. The summed E-state index contributed by atoms with van der Waals surface area (Å²) in [5.74, 6) is -1.91. The highest BCUT2D eigenvalue weighted by atomic mass is 35.5. The van der Waals surface area contributed by atoms with Gasteiger partial charge in [0.15, 0.2) is 0 Å². The van der Waals surface area contributed by atoms with Gasteiger partial charge in [-0.3, -0.25) is 0 Å². The van der Waals surface area contributed by atoms with Crippen LogP contribution in [-0.2, 0) is 25.6 Å². The Morgan fingerprint density at radius 1 is 0.897 bits per heavy atom. The van der Waals surface area contributed by atoms with E-state index in [0.29, 0.717) is 17.1 Å². The molecule has 0 saturated heterocycles. The molecule has 0 bridgehead atoms. The number of hydrogen-bond donors (Lipinski definition) is 0. The third kappa shape index (κ3) is 4.47. The second-order valence-corrected chi connectivity index (χ2v) is 7.17. The maximum Gasteiger partial charge on any atom is 0.336 e. The molecular formula is C22H19Cl2NO4. The lowest BCUT2D eigenvalue weighted by Crippen LogP contribution is -2.28. The van der Waals surface area contributed by atoms with E-state index in [1.54, 1.807) is 35.5 Å². The van der Waals surface area contributed by atoms with Crippen LogP contribution in [0, 0.1) is 0 Å². The number of carbonyl (C=O) groups excluding carboxylic acids is 2. The average molecular weight is 432 g/mol. The molecular weight excluding hydrogens is 413 g/mol. The van der Waals surface area contributed by atoms with Gasteiger partial charge in [-0.15, -0.1) is 0 Å². The van der Waals surface area contributed by atoms with Gasteiger partial charge in [-0.05, 0) is 17.2 Å². The van der Waals surface area contributed by atoms with Gasteiger partial charge < -0.3 is 14.4 Å². The summed E-state index contributed by atoms with van der Waals surface area (Å²) in [4.78, 5) is 27.0. The molecule has 2 aromatic carbocycles. The second kappa shape index (κ2) is 9.16. The maximum atomic E-state index is 12.6. The third-order valence-corrected chi connectivity index (χ3v) is 5.41. The van der Waals surface area contributed by atoms with Crippen molar-refractivity contribution in [3.8, 4) is 0 Å². The highest BCUT2D eigenvalue weighted by Crippen LogP contribution is 2.42. The molecule has 29 heavy (non-hydrogen) atoms. The minimum Gasteiger partial charge on any atom is -0.466 e. The van der Waals surface area contributed by atoms with E-state index in [9.17, 15) is 9.59 Å². The van der Waals surface area contributed by atoms with Crippen LogP contribution in [0.1, 0.15) is 17.0 Å². The Bertz CT molecular complexity index is 952. The van der Waals surface area contributed by atoms with Gasteiger partial charge in [0.25, 0.3) is 0 Å². The minimum absolute atomic E-state index is 0.260. The lowest BCUT2D eigenvalue weighted by Gasteiger charge is -2.30. The van der Waals surface area contributed by atoms with E-state index >= 15 is 0 Å². The van der Waals surface area contributed by atoms with Crippen LogP contribution >= 0.6 is 23.2 Å². The van der Waals surface area contributed by atoms with Gasteiger partial charge >= 0.3 is 11.9 Å². The molecule has 2 aromatic rings. The molecule has 1 aliphatic rings. The van der Waals surface area contributed by atoms with E-state index in [4.69, 9.17) is 32.7 Å². The van der Waals surface area contributed by atoms with E-state index in [1.807, 2.05) is 30.3 Å². The molecule has 0 atom stereocenters. The van der Waals surface area contributed by atoms with Gasteiger partial charge in [0, 0.05) is 18.9 Å². The first-order valence-electron chi connectivity index (χ1n) is 8.80. The number of hydrogen-bond acceptors (Lipinski definition) is 5. The van der Waals surface area contributed by atoms with Crippen molar-refractivity contribution >= 4 is 35.1 Å². The van der Waals surface area contributed by atoms with E-state index in [0.717, 1.165) is 5.56 Å². The van der Waals surface area contributed by atoms with Crippen LogP contribution in [0.15, 0.2) is 72.1 Å². The Balaban J connectivity index is 2.13. The normalized spacial score (nSPS) is 14.1. The number of carbonyl (C=O) groups is 2. The van der Waals surface area contributed by atoms with Crippen LogP contribution < -0.4 is 0 Å². The average Bonchev–Trinajstić information content (AvgIpc) is 2.75. The molecule has 0 aromatic heterocycles. The molecule has 3 rings (SSSR count). The van der Waals surface area contributed by atoms with Crippen LogP contribution in [0.2, 0.25) is 10.0 Å². The standard InChI is InChI=1S/C22H19Cl2NO4/c1-28-21(26)16-12-25(11-14-7-4-3-5-8-14)13-17(22(27)29-2)19(16)15-9-6-10-18(23)20(15)24/h3-10,12-13,19H,11H2,1-2H3. The Kier molecular flexibility index (Phi) is 6.62. The van der Waals surface area contributed by atoms with Gasteiger partial charge in [-0.1, -0.05) is 65.7 Å². The number of nitrogens with zero attached hydrogens (tertiary/aromatic N) is 1. The molecule has 0 aliphatic carbocycles. The first kappa shape index (κ1) is 21.0.